The van der Waals surface area contributed by atoms with E-state index in [1.54, 1.807) is 0 Å². The Kier molecular flexibility index (Phi) is 65.9. The molecule has 0 heterocycles. The number of hydrogen-bond acceptors (Lipinski definition) is 1. The van der Waals surface area contributed by atoms with Crippen LogP contribution in [0.5, 0.6) is 0 Å². The molecular weight excluding hydrogens is 301 g/mol. The Bertz CT molecular complexity index is 8.00. The van der Waals surface area contributed by atoms with Crippen LogP contribution in [0.25, 0.3) is 0 Å². The Morgan fingerprint density at radius 1 is 1.25 bits per heavy atom. The van der Waals surface area contributed by atoms with E-state index in [-0.39, 0.29) is 81.1 Å². The first kappa shape index (κ1) is 15.8. The summed E-state index contributed by atoms with van der Waals surface area (Å²) in [6.07, 6.45) is 0. The van der Waals surface area contributed by atoms with E-state index in [2.05, 4.69) is 15.4 Å². The molecule has 0 atom stereocenters. The molecule has 0 aromatic carbocycles. The van der Waals surface area contributed by atoms with Gasteiger partial charge in [-0.2, -0.15) is 0 Å². The molecule has 4 heavy (non-hydrogen) atoms. The van der Waals surface area contributed by atoms with Crippen molar-refractivity contribution in [2.24, 2.45) is 0 Å². The zero-order valence-electron chi connectivity index (χ0n) is 1.30. The molecular formula is H2LaNiOSr. The molecule has 0 rings (SSSR count). The van der Waals surface area contributed by atoms with E-state index >= 15 is 0 Å². The average molecular weight is 303 g/mol. The fourth-order valence-electron chi connectivity index (χ4n) is 0. The molecule has 0 aromatic rings. The van der Waals surface area contributed by atoms with Crippen LogP contribution < -0.4 is 0 Å². The van der Waals surface area contributed by atoms with Crippen molar-refractivity contribution in [2.75, 3.05) is 0 Å². The third-order valence-electron chi connectivity index (χ3n) is 0. The summed E-state index contributed by atoms with van der Waals surface area (Å²) >= 11 is 2.62. The standard InChI is InChI=1S/La.Ni.O.Sr.2H. The Balaban J connectivity index is -0.00000000500. The molecule has 0 N–H and O–H groups in total. The molecule has 0 unspecified atom stereocenters. The van der Waals surface area contributed by atoms with Gasteiger partial charge < -0.3 is 0 Å². The summed E-state index contributed by atoms with van der Waals surface area (Å²) in [5, 5.41) is 0. The maximum absolute atomic E-state index is 7.88. The zero-order valence-corrected chi connectivity index (χ0v) is 5.92. The molecule has 0 fully saturated rings. The van der Waals surface area contributed by atoms with Crippen molar-refractivity contribution in [3.63, 3.8) is 0 Å². The van der Waals surface area contributed by atoms with Crippen molar-refractivity contribution in [2.45, 2.75) is 0 Å². The Hall–Kier alpha value is 2.97. The van der Waals surface area contributed by atoms with Crippen molar-refractivity contribution >= 4 is 45.5 Å². The third kappa shape index (κ3) is 8.88. The van der Waals surface area contributed by atoms with Gasteiger partial charge in [-0.15, -0.1) is 0 Å². The predicted molar refractivity (Wildman–Crippen MR) is 9.23 cm³/mol. The van der Waals surface area contributed by atoms with E-state index in [4.69, 9.17) is 3.90 Å². The fourth-order valence-corrected chi connectivity index (χ4v) is 0. The molecule has 1 radical (unpaired) electrons. The van der Waals surface area contributed by atoms with E-state index in [1.807, 2.05) is 0 Å². The molecule has 0 aromatic heterocycles. The quantitative estimate of drug-likeness (QED) is 0.523. The second kappa shape index (κ2) is 16.7. The van der Waals surface area contributed by atoms with Crippen LogP contribution in [0.4, 0.5) is 0 Å². The Morgan fingerprint density at radius 2 is 1.25 bits per heavy atom. The second-order valence-corrected chi connectivity index (χ2v) is 0. The topological polar surface area (TPSA) is 17.1 Å². The third-order valence-corrected chi connectivity index (χ3v) is 0. The summed E-state index contributed by atoms with van der Waals surface area (Å²) in [4.78, 5) is 0. The molecule has 0 amide bonds. The molecule has 0 aliphatic heterocycles. The minimum atomic E-state index is 0. The van der Waals surface area contributed by atoms with E-state index in [9.17, 15) is 0 Å². The number of hydrogen-bond donors (Lipinski definition) is 0. The van der Waals surface area contributed by atoms with Crippen molar-refractivity contribution in [3.05, 3.63) is 0 Å². The Labute approximate surface area is 97.7 Å². The molecule has 0 spiro atoms. The van der Waals surface area contributed by atoms with Crippen molar-refractivity contribution in [1.82, 2.24) is 0 Å². The summed E-state index contributed by atoms with van der Waals surface area (Å²) in [7, 11) is 0. The van der Waals surface area contributed by atoms with Crippen molar-refractivity contribution < 1.29 is 54.9 Å². The normalized spacial score (nSPS) is 1.50. The fraction of sp³-hybridized carbons (Fsp3) is 0. The van der Waals surface area contributed by atoms with Gasteiger partial charge in [-0.05, 0) is 0 Å². The Morgan fingerprint density at radius 3 is 1.25 bits per heavy atom. The van der Waals surface area contributed by atoms with Crippen LogP contribution in [0.2, 0.25) is 0 Å². The van der Waals surface area contributed by atoms with Crippen molar-refractivity contribution in [3.8, 4) is 0 Å². The maximum atomic E-state index is 7.88. The van der Waals surface area contributed by atoms with Gasteiger partial charge in [0.1, 0.15) is 0 Å². The van der Waals surface area contributed by atoms with Crippen LogP contribution in [-0.2, 0) is 19.3 Å². The van der Waals surface area contributed by atoms with Crippen LogP contribution in [0, 0.1) is 35.6 Å². The summed E-state index contributed by atoms with van der Waals surface area (Å²) in [6, 6.07) is 0. The molecule has 0 bridgehead atoms. The van der Waals surface area contributed by atoms with E-state index in [0.717, 1.165) is 0 Å². The SMILES string of the molecule is [La].[O]=[Ni].[SrH2]. The summed E-state index contributed by atoms with van der Waals surface area (Å²) in [6.45, 7) is 0. The van der Waals surface area contributed by atoms with Crippen LogP contribution in [-0.4, -0.2) is 45.5 Å². The van der Waals surface area contributed by atoms with Gasteiger partial charge in [0.05, 0.1) is 0 Å². The van der Waals surface area contributed by atoms with Gasteiger partial charge in [0.2, 0.25) is 0 Å². The van der Waals surface area contributed by atoms with Gasteiger partial charge in [-0.25, -0.2) is 0 Å². The molecule has 0 aliphatic carbocycles. The number of rotatable bonds is 0. The van der Waals surface area contributed by atoms with Crippen LogP contribution in [0.15, 0.2) is 0 Å². The van der Waals surface area contributed by atoms with Gasteiger partial charge in [0.25, 0.3) is 0 Å². The molecule has 0 aliphatic rings. The molecule has 1 nitrogen and oxygen atoms in total. The zero-order chi connectivity index (χ0) is 2.00. The molecule has 0 saturated heterocycles. The molecule has 23 valence electrons. The van der Waals surface area contributed by atoms with Crippen LogP contribution in [0.3, 0.4) is 0 Å². The van der Waals surface area contributed by atoms with Crippen LogP contribution in [0.1, 0.15) is 0 Å². The van der Waals surface area contributed by atoms with E-state index in [1.165, 1.54) is 0 Å². The van der Waals surface area contributed by atoms with E-state index in [0.29, 0.717) is 0 Å². The predicted octanol–water partition coefficient (Wildman–Crippen LogP) is -1.04. The summed E-state index contributed by atoms with van der Waals surface area (Å²) in [5.41, 5.74) is 0. The summed E-state index contributed by atoms with van der Waals surface area (Å²) in [5.74, 6) is 0. The van der Waals surface area contributed by atoms with Gasteiger partial charge in [-0.3, -0.25) is 0 Å². The first-order valence-electron chi connectivity index (χ1n) is 0.129. The minimum absolute atomic E-state index is 0. The van der Waals surface area contributed by atoms with Crippen LogP contribution >= 0.6 is 0 Å². The van der Waals surface area contributed by atoms with Gasteiger partial charge >= 0.3 is 64.8 Å². The summed E-state index contributed by atoms with van der Waals surface area (Å²) < 4.78 is 7.88. The molecule has 0 saturated carbocycles. The average Bonchev–Trinajstić information content (AvgIpc) is 1.00. The second-order valence-electron chi connectivity index (χ2n) is 0. The van der Waals surface area contributed by atoms with E-state index < -0.39 is 0 Å². The molecule has 4 heteroatoms. The van der Waals surface area contributed by atoms with Gasteiger partial charge in [0.15, 0.2) is 0 Å². The first-order valence-corrected chi connectivity index (χ1v) is 0.532. The van der Waals surface area contributed by atoms with Gasteiger partial charge in [0, 0.05) is 35.6 Å². The first-order chi connectivity index (χ1) is 1.00. The van der Waals surface area contributed by atoms with Gasteiger partial charge in [-0.1, -0.05) is 0 Å². The van der Waals surface area contributed by atoms with Crippen molar-refractivity contribution in [1.29, 1.82) is 0 Å². The monoisotopic (exact) mass is 303 g/mol.